The lowest BCUT2D eigenvalue weighted by molar-refractivity contribution is -0.141. The van der Waals surface area contributed by atoms with E-state index in [2.05, 4.69) is 9.97 Å². The molecule has 0 spiro atoms. The second-order valence-electron chi connectivity index (χ2n) is 7.44. The first-order valence-electron chi connectivity index (χ1n) is 10.2. The number of halogens is 3. The number of hydrogen-bond donors (Lipinski definition) is 0. The Kier molecular flexibility index (Phi) is 5.95. The fraction of sp³-hybridized carbons (Fsp3) is 0.409. The van der Waals surface area contributed by atoms with Crippen molar-refractivity contribution in [2.75, 3.05) is 13.2 Å². The molecule has 1 unspecified atom stereocenters. The monoisotopic (exact) mass is 433 g/mol. The highest BCUT2D eigenvalue weighted by Gasteiger charge is 2.33. The van der Waals surface area contributed by atoms with E-state index in [0.717, 1.165) is 31.2 Å². The third-order valence-corrected chi connectivity index (χ3v) is 5.12. The molecular weight excluding hydrogens is 411 g/mol. The highest BCUT2D eigenvalue weighted by Crippen LogP contribution is 2.28. The van der Waals surface area contributed by atoms with Crippen LogP contribution >= 0.6 is 0 Å². The molecule has 1 aliphatic heterocycles. The molecule has 4 heterocycles. The second-order valence-corrected chi connectivity index (χ2v) is 7.44. The van der Waals surface area contributed by atoms with Crippen molar-refractivity contribution in [2.24, 2.45) is 0 Å². The van der Waals surface area contributed by atoms with Crippen LogP contribution in [0.2, 0.25) is 0 Å². The summed E-state index contributed by atoms with van der Waals surface area (Å²) in [5, 5.41) is 0. The summed E-state index contributed by atoms with van der Waals surface area (Å²) in [7, 11) is 0. The molecule has 164 valence electrons. The van der Waals surface area contributed by atoms with E-state index in [1.807, 2.05) is 13.1 Å². The smallest absolute Gasteiger partial charge is 0.433 e. The number of Topliss-reactive ketones (excluding diaryl/α,β-unsaturated/α-hetero) is 1. The number of hydrogen-bond acceptors (Lipinski definition) is 5. The Morgan fingerprint density at radius 3 is 2.84 bits per heavy atom. The van der Waals surface area contributed by atoms with Gasteiger partial charge in [-0.25, -0.2) is 9.97 Å². The number of ether oxygens (including phenoxy) is 2. The SMILES string of the molecule is CCOc1cc2nc(CC3CCCO3)cn2cc1CC(=O)c1cccc(C(F)(F)F)n1. The van der Waals surface area contributed by atoms with Crippen LogP contribution in [0.25, 0.3) is 5.65 Å². The normalized spacial score (nSPS) is 16.7. The maximum absolute atomic E-state index is 12.9. The van der Waals surface area contributed by atoms with E-state index in [9.17, 15) is 18.0 Å². The van der Waals surface area contributed by atoms with E-state index in [4.69, 9.17) is 9.47 Å². The molecule has 0 aliphatic carbocycles. The van der Waals surface area contributed by atoms with Crippen LogP contribution in [0.1, 0.15) is 47.2 Å². The van der Waals surface area contributed by atoms with Crippen molar-refractivity contribution in [3.05, 3.63) is 59.3 Å². The molecule has 9 heteroatoms. The predicted octanol–water partition coefficient (Wildman–Crippen LogP) is 4.29. The second kappa shape index (κ2) is 8.66. The summed E-state index contributed by atoms with van der Waals surface area (Å²) in [5.74, 6) is -0.0457. The number of carbonyl (C=O) groups excluding carboxylic acids is 1. The Morgan fingerprint density at radius 1 is 1.29 bits per heavy atom. The van der Waals surface area contributed by atoms with Gasteiger partial charge in [-0.3, -0.25) is 4.79 Å². The zero-order valence-corrected chi connectivity index (χ0v) is 17.0. The first kappa shape index (κ1) is 21.3. The molecule has 6 nitrogen and oxygen atoms in total. The van der Waals surface area contributed by atoms with Gasteiger partial charge < -0.3 is 13.9 Å². The minimum absolute atomic E-state index is 0.140. The number of alkyl halides is 3. The molecule has 1 aliphatic rings. The van der Waals surface area contributed by atoms with Crippen molar-refractivity contribution in [2.45, 2.75) is 44.9 Å². The first-order chi connectivity index (χ1) is 14.8. The van der Waals surface area contributed by atoms with Crippen LogP contribution in [0.15, 0.2) is 36.7 Å². The lowest BCUT2D eigenvalue weighted by Gasteiger charge is -2.11. The third kappa shape index (κ3) is 4.87. The van der Waals surface area contributed by atoms with Crippen LogP contribution in [-0.4, -0.2) is 39.5 Å². The van der Waals surface area contributed by atoms with Gasteiger partial charge in [0, 0.05) is 43.5 Å². The summed E-state index contributed by atoms with van der Waals surface area (Å²) in [5.41, 5.74) is 0.774. The highest BCUT2D eigenvalue weighted by molar-refractivity contribution is 5.96. The molecule has 4 rings (SSSR count). The number of carbonyl (C=O) groups is 1. The lowest BCUT2D eigenvalue weighted by atomic mass is 10.1. The number of nitrogens with zero attached hydrogens (tertiary/aromatic N) is 3. The van der Waals surface area contributed by atoms with E-state index in [1.54, 1.807) is 16.7 Å². The van der Waals surface area contributed by atoms with Crippen LogP contribution in [0.4, 0.5) is 13.2 Å². The fourth-order valence-electron chi connectivity index (χ4n) is 3.68. The van der Waals surface area contributed by atoms with Gasteiger partial charge in [0.1, 0.15) is 22.8 Å². The molecule has 3 aromatic rings. The van der Waals surface area contributed by atoms with Gasteiger partial charge >= 0.3 is 6.18 Å². The Balaban J connectivity index is 1.61. The number of imidazole rings is 1. The van der Waals surface area contributed by atoms with E-state index in [-0.39, 0.29) is 18.2 Å². The molecule has 0 saturated carbocycles. The molecule has 0 aromatic carbocycles. The Bertz CT molecular complexity index is 1090. The van der Waals surface area contributed by atoms with E-state index in [0.29, 0.717) is 30.0 Å². The number of pyridine rings is 2. The van der Waals surface area contributed by atoms with E-state index >= 15 is 0 Å². The first-order valence-corrected chi connectivity index (χ1v) is 10.2. The number of ketones is 1. The topological polar surface area (TPSA) is 65.7 Å². The summed E-state index contributed by atoms with van der Waals surface area (Å²) in [6, 6.07) is 5.05. The Labute approximate surface area is 177 Å². The van der Waals surface area contributed by atoms with Crippen LogP contribution in [0.5, 0.6) is 5.75 Å². The summed E-state index contributed by atoms with van der Waals surface area (Å²) >= 11 is 0. The maximum atomic E-state index is 12.9. The van der Waals surface area contributed by atoms with Crippen molar-refractivity contribution < 1.29 is 27.4 Å². The molecule has 0 radical (unpaired) electrons. The third-order valence-electron chi connectivity index (χ3n) is 5.12. The molecule has 1 saturated heterocycles. The average molecular weight is 433 g/mol. The Morgan fingerprint density at radius 2 is 2.13 bits per heavy atom. The van der Waals surface area contributed by atoms with Crippen molar-refractivity contribution >= 4 is 11.4 Å². The summed E-state index contributed by atoms with van der Waals surface area (Å²) in [6.45, 7) is 2.96. The predicted molar refractivity (Wildman–Crippen MR) is 106 cm³/mol. The maximum Gasteiger partial charge on any atom is 0.433 e. The largest absolute Gasteiger partial charge is 0.493 e. The van der Waals surface area contributed by atoms with Gasteiger partial charge in [-0.2, -0.15) is 13.2 Å². The Hall–Kier alpha value is -2.94. The van der Waals surface area contributed by atoms with Crippen molar-refractivity contribution in [1.82, 2.24) is 14.4 Å². The van der Waals surface area contributed by atoms with Gasteiger partial charge in [-0.1, -0.05) is 6.07 Å². The highest BCUT2D eigenvalue weighted by atomic mass is 19.4. The van der Waals surface area contributed by atoms with E-state index < -0.39 is 17.7 Å². The zero-order chi connectivity index (χ0) is 22.0. The molecular formula is C22H22F3N3O3. The molecule has 1 fully saturated rings. The molecule has 31 heavy (non-hydrogen) atoms. The molecule has 0 amide bonds. The minimum Gasteiger partial charge on any atom is -0.493 e. The summed E-state index contributed by atoms with van der Waals surface area (Å²) < 4.78 is 51.9. The fourth-order valence-corrected chi connectivity index (χ4v) is 3.68. The van der Waals surface area contributed by atoms with Crippen molar-refractivity contribution in [3.63, 3.8) is 0 Å². The summed E-state index contributed by atoms with van der Waals surface area (Å²) in [4.78, 5) is 20.8. The van der Waals surface area contributed by atoms with Gasteiger partial charge in [0.05, 0.1) is 18.4 Å². The van der Waals surface area contributed by atoms with Crippen molar-refractivity contribution in [1.29, 1.82) is 0 Å². The molecule has 3 aromatic heterocycles. The van der Waals surface area contributed by atoms with Crippen LogP contribution in [0, 0.1) is 0 Å². The van der Waals surface area contributed by atoms with Crippen LogP contribution < -0.4 is 4.74 Å². The van der Waals surface area contributed by atoms with Gasteiger partial charge in [0.25, 0.3) is 0 Å². The zero-order valence-electron chi connectivity index (χ0n) is 17.0. The standard InChI is InChI=1S/C22H22F3N3O3/c1-2-30-19-11-21-26-15(10-16-5-4-8-31-16)13-28(21)12-14(19)9-18(29)17-6-3-7-20(27-17)22(23,24)25/h3,6-7,11-13,16H,2,4-5,8-10H2,1H3. The quantitative estimate of drug-likeness (QED) is 0.520. The number of aromatic nitrogens is 3. The van der Waals surface area contributed by atoms with Gasteiger partial charge in [-0.15, -0.1) is 0 Å². The van der Waals surface area contributed by atoms with Gasteiger partial charge in [-0.05, 0) is 31.9 Å². The van der Waals surface area contributed by atoms with Crippen LogP contribution in [0.3, 0.4) is 0 Å². The molecule has 0 N–H and O–H groups in total. The molecule has 1 atom stereocenters. The number of fused-ring (bicyclic) bond motifs is 1. The number of rotatable bonds is 7. The molecule has 0 bridgehead atoms. The van der Waals surface area contributed by atoms with Gasteiger partial charge in [0.2, 0.25) is 0 Å². The van der Waals surface area contributed by atoms with Crippen molar-refractivity contribution in [3.8, 4) is 5.75 Å². The van der Waals surface area contributed by atoms with Gasteiger partial charge in [0.15, 0.2) is 5.78 Å². The van der Waals surface area contributed by atoms with E-state index in [1.165, 1.54) is 12.1 Å². The van der Waals surface area contributed by atoms with Crippen LogP contribution in [-0.2, 0) is 23.8 Å². The minimum atomic E-state index is -4.61. The summed E-state index contributed by atoms with van der Waals surface area (Å²) in [6.07, 6.45) is 1.77. The average Bonchev–Trinajstić information content (AvgIpc) is 3.37. The lowest BCUT2D eigenvalue weighted by Crippen LogP contribution is -2.13.